The maximum Gasteiger partial charge on any atom is 0.178 e. The largest absolute Gasteiger partial charge is 0.224 e. The molecule has 0 aromatic heterocycles. The van der Waals surface area contributed by atoms with Gasteiger partial charge in [-0.25, -0.2) is 8.42 Å². The number of hydrogen-bond acceptors (Lipinski definition) is 3. The second-order valence-corrected chi connectivity index (χ2v) is 5.86. The minimum atomic E-state index is -3.17. The second kappa shape index (κ2) is 5.66. The Kier molecular flexibility index (Phi) is 4.51. The van der Waals surface area contributed by atoms with Crippen molar-refractivity contribution in [3.8, 4) is 6.07 Å². The molecular weight excluding hydrogens is 222 g/mol. The molecule has 0 saturated heterocycles. The first-order valence-electron chi connectivity index (χ1n) is 5.22. The third-order valence-corrected chi connectivity index (χ3v) is 4.15. The fourth-order valence-corrected chi connectivity index (χ4v) is 2.73. The van der Waals surface area contributed by atoms with E-state index in [1.165, 1.54) is 0 Å². The van der Waals surface area contributed by atoms with Crippen molar-refractivity contribution in [2.45, 2.75) is 31.1 Å². The summed E-state index contributed by atoms with van der Waals surface area (Å²) in [7, 11) is -3.17. The number of sulfone groups is 1. The van der Waals surface area contributed by atoms with Crippen LogP contribution in [0, 0.1) is 18.3 Å². The predicted octanol–water partition coefficient (Wildman–Crippen LogP) is 2.46. The standard InChI is InChI=1S/C12H15NO2S/c1-11-5-7-12(8-6-11)16(14,15)10-4-2-3-9-13/h5-8H,2-4,10H2,1H3. The summed E-state index contributed by atoms with van der Waals surface area (Å²) in [5.74, 6) is 0.123. The van der Waals surface area contributed by atoms with Gasteiger partial charge in [-0.3, -0.25) is 0 Å². The summed E-state index contributed by atoms with van der Waals surface area (Å²) in [4.78, 5) is 0.370. The van der Waals surface area contributed by atoms with Crippen molar-refractivity contribution in [3.05, 3.63) is 29.8 Å². The molecular formula is C12H15NO2S. The molecule has 0 radical (unpaired) electrons. The first-order valence-corrected chi connectivity index (χ1v) is 6.88. The van der Waals surface area contributed by atoms with Gasteiger partial charge >= 0.3 is 0 Å². The summed E-state index contributed by atoms with van der Waals surface area (Å²) in [6.07, 6.45) is 1.61. The molecule has 0 N–H and O–H groups in total. The highest BCUT2D eigenvalue weighted by molar-refractivity contribution is 7.91. The Morgan fingerprint density at radius 3 is 2.38 bits per heavy atom. The lowest BCUT2D eigenvalue weighted by atomic mass is 10.2. The monoisotopic (exact) mass is 237 g/mol. The highest BCUT2D eigenvalue weighted by Gasteiger charge is 2.12. The van der Waals surface area contributed by atoms with Gasteiger partial charge in [0, 0.05) is 6.42 Å². The second-order valence-electron chi connectivity index (χ2n) is 3.75. The van der Waals surface area contributed by atoms with E-state index in [0.717, 1.165) is 5.56 Å². The summed E-state index contributed by atoms with van der Waals surface area (Å²) in [5.41, 5.74) is 1.04. The van der Waals surface area contributed by atoms with E-state index < -0.39 is 9.84 Å². The van der Waals surface area contributed by atoms with Gasteiger partial charge in [-0.1, -0.05) is 17.7 Å². The number of nitrogens with zero attached hydrogens (tertiary/aromatic N) is 1. The fraction of sp³-hybridized carbons (Fsp3) is 0.417. The maximum atomic E-state index is 11.8. The van der Waals surface area contributed by atoms with Crippen molar-refractivity contribution in [2.75, 3.05) is 5.75 Å². The van der Waals surface area contributed by atoms with Crippen molar-refractivity contribution in [1.29, 1.82) is 5.26 Å². The number of benzene rings is 1. The highest BCUT2D eigenvalue weighted by Crippen LogP contribution is 2.13. The normalized spacial score (nSPS) is 11.0. The molecule has 0 unspecified atom stereocenters. The average molecular weight is 237 g/mol. The number of rotatable bonds is 5. The smallest absolute Gasteiger partial charge is 0.178 e. The molecule has 0 atom stereocenters. The molecule has 3 nitrogen and oxygen atoms in total. The summed E-state index contributed by atoms with van der Waals surface area (Å²) in [6.45, 7) is 1.92. The van der Waals surface area contributed by atoms with Crippen LogP contribution in [0.25, 0.3) is 0 Å². The van der Waals surface area contributed by atoms with Gasteiger partial charge in [-0.2, -0.15) is 5.26 Å². The molecule has 1 aromatic carbocycles. The van der Waals surface area contributed by atoms with E-state index in [2.05, 4.69) is 0 Å². The Hall–Kier alpha value is -1.34. The molecule has 0 bridgehead atoms. The van der Waals surface area contributed by atoms with Crippen molar-refractivity contribution in [3.63, 3.8) is 0 Å². The Morgan fingerprint density at radius 2 is 1.81 bits per heavy atom. The van der Waals surface area contributed by atoms with E-state index in [1.54, 1.807) is 24.3 Å². The number of aryl methyl sites for hydroxylation is 1. The maximum absolute atomic E-state index is 11.8. The van der Waals surface area contributed by atoms with Crippen LogP contribution in [0.2, 0.25) is 0 Å². The van der Waals surface area contributed by atoms with Crippen LogP contribution < -0.4 is 0 Å². The molecule has 0 saturated carbocycles. The van der Waals surface area contributed by atoms with Crippen molar-refractivity contribution in [2.24, 2.45) is 0 Å². The molecule has 0 aliphatic carbocycles. The van der Waals surface area contributed by atoms with Crippen LogP contribution in [-0.2, 0) is 9.84 Å². The first kappa shape index (κ1) is 12.7. The van der Waals surface area contributed by atoms with Gasteiger partial charge in [-0.15, -0.1) is 0 Å². The molecule has 0 amide bonds. The topological polar surface area (TPSA) is 57.9 Å². The summed E-state index contributed by atoms with van der Waals surface area (Å²) in [6, 6.07) is 8.86. The van der Waals surface area contributed by atoms with Gasteiger partial charge in [-0.05, 0) is 31.9 Å². The van der Waals surface area contributed by atoms with Crippen LogP contribution in [0.3, 0.4) is 0 Å². The SMILES string of the molecule is Cc1ccc(S(=O)(=O)CCCCC#N)cc1. The van der Waals surface area contributed by atoms with Crippen LogP contribution in [0.5, 0.6) is 0 Å². The van der Waals surface area contributed by atoms with Crippen molar-refractivity contribution in [1.82, 2.24) is 0 Å². The summed E-state index contributed by atoms with van der Waals surface area (Å²) < 4.78 is 23.6. The third kappa shape index (κ3) is 3.67. The van der Waals surface area contributed by atoms with Crippen LogP contribution in [0.1, 0.15) is 24.8 Å². The van der Waals surface area contributed by atoms with Gasteiger partial charge in [0.15, 0.2) is 9.84 Å². The highest BCUT2D eigenvalue weighted by atomic mass is 32.2. The van der Waals surface area contributed by atoms with E-state index in [4.69, 9.17) is 5.26 Å². The summed E-state index contributed by atoms with van der Waals surface area (Å²) in [5, 5.41) is 8.34. The van der Waals surface area contributed by atoms with Crippen LogP contribution >= 0.6 is 0 Å². The minimum absolute atomic E-state index is 0.123. The lowest BCUT2D eigenvalue weighted by molar-refractivity contribution is 0.592. The number of unbranched alkanes of at least 4 members (excludes halogenated alkanes) is 2. The zero-order valence-electron chi connectivity index (χ0n) is 9.31. The van der Waals surface area contributed by atoms with E-state index >= 15 is 0 Å². The Balaban J connectivity index is 2.64. The molecule has 4 heteroatoms. The lowest BCUT2D eigenvalue weighted by Gasteiger charge is -2.03. The number of hydrogen-bond donors (Lipinski definition) is 0. The van der Waals surface area contributed by atoms with Gasteiger partial charge in [0.05, 0.1) is 16.7 Å². The molecule has 0 aliphatic heterocycles. The van der Waals surface area contributed by atoms with Crippen LogP contribution in [0.15, 0.2) is 29.2 Å². The minimum Gasteiger partial charge on any atom is -0.224 e. The van der Waals surface area contributed by atoms with E-state index in [0.29, 0.717) is 24.2 Å². The third-order valence-electron chi connectivity index (χ3n) is 2.33. The van der Waals surface area contributed by atoms with Crippen LogP contribution in [0.4, 0.5) is 0 Å². The van der Waals surface area contributed by atoms with E-state index in [1.807, 2.05) is 13.0 Å². The average Bonchev–Trinajstić information content (AvgIpc) is 2.25. The van der Waals surface area contributed by atoms with Crippen LogP contribution in [-0.4, -0.2) is 14.2 Å². The zero-order valence-corrected chi connectivity index (χ0v) is 10.1. The zero-order chi connectivity index (χ0) is 12.0. The first-order chi connectivity index (χ1) is 7.56. The fourth-order valence-electron chi connectivity index (χ4n) is 1.36. The Labute approximate surface area is 96.6 Å². The van der Waals surface area contributed by atoms with E-state index in [9.17, 15) is 8.42 Å². The quantitative estimate of drug-likeness (QED) is 0.739. The molecule has 0 heterocycles. The Bertz CT molecular complexity index is 469. The predicted molar refractivity (Wildman–Crippen MR) is 62.7 cm³/mol. The lowest BCUT2D eigenvalue weighted by Crippen LogP contribution is -2.06. The summed E-state index contributed by atoms with van der Waals surface area (Å²) >= 11 is 0. The molecule has 16 heavy (non-hydrogen) atoms. The van der Waals surface area contributed by atoms with E-state index in [-0.39, 0.29) is 5.75 Å². The molecule has 86 valence electrons. The molecule has 0 fully saturated rings. The van der Waals surface area contributed by atoms with Crippen molar-refractivity contribution < 1.29 is 8.42 Å². The molecule has 0 aliphatic rings. The van der Waals surface area contributed by atoms with Crippen molar-refractivity contribution >= 4 is 9.84 Å². The van der Waals surface area contributed by atoms with Gasteiger partial charge < -0.3 is 0 Å². The number of nitriles is 1. The van der Waals surface area contributed by atoms with Gasteiger partial charge in [0.1, 0.15) is 0 Å². The van der Waals surface area contributed by atoms with Gasteiger partial charge in [0.25, 0.3) is 0 Å². The molecule has 0 spiro atoms. The molecule has 1 aromatic rings. The Morgan fingerprint density at radius 1 is 1.19 bits per heavy atom. The van der Waals surface area contributed by atoms with Gasteiger partial charge in [0.2, 0.25) is 0 Å². The molecule has 1 rings (SSSR count).